The SMILES string of the molecule is CCNCCc1nc2cc(C)ccc2n1Cc1cccc(F)c1. The van der Waals surface area contributed by atoms with Gasteiger partial charge in [-0.3, -0.25) is 0 Å². The molecule has 0 aliphatic carbocycles. The van der Waals surface area contributed by atoms with Crippen LogP contribution in [0.2, 0.25) is 0 Å². The fourth-order valence-electron chi connectivity index (χ4n) is 2.85. The van der Waals surface area contributed by atoms with Crippen LogP contribution >= 0.6 is 0 Å². The molecule has 120 valence electrons. The van der Waals surface area contributed by atoms with Gasteiger partial charge in [0.2, 0.25) is 0 Å². The smallest absolute Gasteiger partial charge is 0.123 e. The van der Waals surface area contributed by atoms with Crippen LogP contribution in [0.5, 0.6) is 0 Å². The van der Waals surface area contributed by atoms with Gasteiger partial charge in [-0.15, -0.1) is 0 Å². The largest absolute Gasteiger partial charge is 0.323 e. The number of imidazole rings is 1. The first kappa shape index (κ1) is 15.7. The van der Waals surface area contributed by atoms with Crippen molar-refractivity contribution in [1.29, 1.82) is 0 Å². The van der Waals surface area contributed by atoms with Crippen molar-refractivity contribution in [3.63, 3.8) is 0 Å². The van der Waals surface area contributed by atoms with Gasteiger partial charge in [0.15, 0.2) is 0 Å². The van der Waals surface area contributed by atoms with E-state index in [1.54, 1.807) is 12.1 Å². The highest BCUT2D eigenvalue weighted by Gasteiger charge is 2.11. The lowest BCUT2D eigenvalue weighted by Crippen LogP contribution is -2.18. The van der Waals surface area contributed by atoms with Gasteiger partial charge in [0, 0.05) is 19.5 Å². The number of likely N-dealkylation sites (N-methyl/N-ethyl adjacent to an activating group) is 1. The normalized spacial score (nSPS) is 11.3. The Balaban J connectivity index is 1.99. The predicted octanol–water partition coefficient (Wildman–Crippen LogP) is 3.68. The van der Waals surface area contributed by atoms with E-state index in [0.717, 1.165) is 41.9 Å². The zero-order valence-electron chi connectivity index (χ0n) is 13.6. The minimum Gasteiger partial charge on any atom is -0.323 e. The molecule has 0 bridgehead atoms. The molecule has 2 aromatic carbocycles. The van der Waals surface area contributed by atoms with E-state index in [0.29, 0.717) is 6.54 Å². The van der Waals surface area contributed by atoms with Crippen LogP contribution in [-0.2, 0) is 13.0 Å². The van der Waals surface area contributed by atoms with Gasteiger partial charge in [-0.1, -0.05) is 25.1 Å². The Kier molecular flexibility index (Phi) is 4.72. The summed E-state index contributed by atoms with van der Waals surface area (Å²) < 4.78 is 15.7. The first-order valence-corrected chi connectivity index (χ1v) is 8.08. The molecular formula is C19H22FN3. The fraction of sp³-hybridized carbons (Fsp3) is 0.316. The van der Waals surface area contributed by atoms with Crippen LogP contribution in [0.4, 0.5) is 4.39 Å². The van der Waals surface area contributed by atoms with Crippen molar-refractivity contribution in [2.24, 2.45) is 0 Å². The lowest BCUT2D eigenvalue weighted by molar-refractivity contribution is 0.621. The van der Waals surface area contributed by atoms with E-state index in [1.165, 1.54) is 11.6 Å². The van der Waals surface area contributed by atoms with Gasteiger partial charge in [0.25, 0.3) is 0 Å². The number of nitrogens with one attached hydrogen (secondary N) is 1. The van der Waals surface area contributed by atoms with Gasteiger partial charge in [0.05, 0.1) is 11.0 Å². The molecule has 0 spiro atoms. The Morgan fingerprint density at radius 3 is 2.83 bits per heavy atom. The first-order valence-electron chi connectivity index (χ1n) is 8.08. The number of fused-ring (bicyclic) bond motifs is 1. The molecule has 0 atom stereocenters. The second-order valence-electron chi connectivity index (χ2n) is 5.84. The number of aromatic nitrogens is 2. The summed E-state index contributed by atoms with van der Waals surface area (Å²) in [7, 11) is 0. The van der Waals surface area contributed by atoms with Crippen LogP contribution in [0.25, 0.3) is 11.0 Å². The summed E-state index contributed by atoms with van der Waals surface area (Å²) in [4.78, 5) is 4.79. The number of nitrogens with zero attached hydrogens (tertiary/aromatic N) is 2. The summed E-state index contributed by atoms with van der Waals surface area (Å²) in [5.41, 5.74) is 4.26. The van der Waals surface area contributed by atoms with Crippen molar-refractivity contribution < 1.29 is 4.39 Å². The van der Waals surface area contributed by atoms with Crippen LogP contribution in [-0.4, -0.2) is 22.6 Å². The molecule has 1 N–H and O–H groups in total. The Labute approximate surface area is 136 Å². The van der Waals surface area contributed by atoms with Crippen LogP contribution in [0, 0.1) is 12.7 Å². The predicted molar refractivity (Wildman–Crippen MR) is 92.2 cm³/mol. The third-order valence-electron chi connectivity index (χ3n) is 3.99. The summed E-state index contributed by atoms with van der Waals surface area (Å²) in [6, 6.07) is 13.1. The molecule has 0 radical (unpaired) electrons. The van der Waals surface area contributed by atoms with Crippen LogP contribution < -0.4 is 5.32 Å². The van der Waals surface area contributed by atoms with Crippen LogP contribution in [0.3, 0.4) is 0 Å². The van der Waals surface area contributed by atoms with Crippen molar-refractivity contribution in [1.82, 2.24) is 14.9 Å². The van der Waals surface area contributed by atoms with Crippen molar-refractivity contribution in [3.05, 3.63) is 65.2 Å². The second kappa shape index (κ2) is 6.92. The third-order valence-corrected chi connectivity index (χ3v) is 3.99. The topological polar surface area (TPSA) is 29.9 Å². The molecule has 3 rings (SSSR count). The lowest BCUT2D eigenvalue weighted by atomic mass is 10.2. The fourth-order valence-corrected chi connectivity index (χ4v) is 2.85. The van der Waals surface area contributed by atoms with Gasteiger partial charge in [0.1, 0.15) is 11.6 Å². The molecule has 3 nitrogen and oxygen atoms in total. The van der Waals surface area contributed by atoms with E-state index in [-0.39, 0.29) is 5.82 Å². The zero-order chi connectivity index (χ0) is 16.2. The minimum absolute atomic E-state index is 0.197. The first-order chi connectivity index (χ1) is 11.2. The standard InChI is InChI=1S/C19H22FN3/c1-3-21-10-9-19-22-17-11-14(2)7-8-18(17)23(19)13-15-5-4-6-16(20)12-15/h4-8,11-12,21H,3,9-10,13H2,1-2H3. The summed E-state index contributed by atoms with van der Waals surface area (Å²) >= 11 is 0. The van der Waals surface area contributed by atoms with Gasteiger partial charge < -0.3 is 9.88 Å². The molecule has 0 aliphatic rings. The molecule has 0 unspecified atom stereocenters. The van der Waals surface area contributed by atoms with E-state index < -0.39 is 0 Å². The minimum atomic E-state index is -0.197. The maximum absolute atomic E-state index is 13.5. The zero-order valence-corrected chi connectivity index (χ0v) is 13.6. The summed E-state index contributed by atoms with van der Waals surface area (Å²) in [6.07, 6.45) is 0.858. The Morgan fingerprint density at radius 1 is 1.17 bits per heavy atom. The third kappa shape index (κ3) is 3.59. The van der Waals surface area contributed by atoms with Crippen molar-refractivity contribution in [2.45, 2.75) is 26.8 Å². The molecule has 0 fully saturated rings. The molecule has 0 saturated heterocycles. The molecule has 0 saturated carbocycles. The van der Waals surface area contributed by atoms with E-state index in [4.69, 9.17) is 4.98 Å². The quantitative estimate of drug-likeness (QED) is 0.704. The van der Waals surface area contributed by atoms with Gasteiger partial charge >= 0.3 is 0 Å². The Morgan fingerprint density at radius 2 is 2.04 bits per heavy atom. The highest BCUT2D eigenvalue weighted by Crippen LogP contribution is 2.20. The van der Waals surface area contributed by atoms with Gasteiger partial charge in [-0.25, -0.2) is 9.37 Å². The number of benzene rings is 2. The number of hydrogen-bond donors (Lipinski definition) is 1. The lowest BCUT2D eigenvalue weighted by Gasteiger charge is -2.10. The molecule has 4 heteroatoms. The molecule has 0 amide bonds. The van der Waals surface area contributed by atoms with E-state index in [9.17, 15) is 4.39 Å². The average Bonchev–Trinajstić information content (AvgIpc) is 2.84. The molecule has 1 aromatic heterocycles. The maximum atomic E-state index is 13.5. The van der Waals surface area contributed by atoms with Crippen molar-refractivity contribution in [2.75, 3.05) is 13.1 Å². The summed E-state index contributed by atoms with van der Waals surface area (Å²) in [5, 5.41) is 3.34. The number of halogens is 1. The van der Waals surface area contributed by atoms with Crippen LogP contribution in [0.1, 0.15) is 23.9 Å². The van der Waals surface area contributed by atoms with E-state index in [2.05, 4.69) is 41.9 Å². The maximum Gasteiger partial charge on any atom is 0.123 e. The molecule has 23 heavy (non-hydrogen) atoms. The molecule has 3 aromatic rings. The van der Waals surface area contributed by atoms with Crippen LogP contribution in [0.15, 0.2) is 42.5 Å². The highest BCUT2D eigenvalue weighted by molar-refractivity contribution is 5.77. The van der Waals surface area contributed by atoms with Crippen molar-refractivity contribution >= 4 is 11.0 Å². The summed E-state index contributed by atoms with van der Waals surface area (Å²) in [6.45, 7) is 6.65. The molecular weight excluding hydrogens is 289 g/mol. The van der Waals surface area contributed by atoms with Crippen molar-refractivity contribution in [3.8, 4) is 0 Å². The number of hydrogen-bond acceptors (Lipinski definition) is 2. The van der Waals surface area contributed by atoms with E-state index >= 15 is 0 Å². The average molecular weight is 311 g/mol. The van der Waals surface area contributed by atoms with Gasteiger partial charge in [-0.2, -0.15) is 0 Å². The van der Waals surface area contributed by atoms with Gasteiger partial charge in [-0.05, 0) is 48.9 Å². The second-order valence-corrected chi connectivity index (χ2v) is 5.84. The van der Waals surface area contributed by atoms with E-state index in [1.807, 2.05) is 6.07 Å². The monoisotopic (exact) mass is 311 g/mol. The number of rotatable bonds is 6. The molecule has 1 heterocycles. The Hall–Kier alpha value is -2.20. The number of aryl methyl sites for hydroxylation is 1. The highest BCUT2D eigenvalue weighted by atomic mass is 19.1. The Bertz CT molecular complexity index is 807. The molecule has 0 aliphatic heterocycles. The summed E-state index contributed by atoms with van der Waals surface area (Å²) in [5.74, 6) is 0.841.